The molecule has 0 saturated heterocycles. The Bertz CT molecular complexity index is 290. The first-order chi connectivity index (χ1) is 8.84. The molecule has 0 spiro atoms. The highest BCUT2D eigenvalue weighted by atomic mass is 16.3. The van der Waals surface area contributed by atoms with Gasteiger partial charge in [-0.2, -0.15) is 10.2 Å². The first-order valence-corrected chi connectivity index (χ1v) is 7.29. The van der Waals surface area contributed by atoms with E-state index in [1.807, 2.05) is 6.07 Å². The van der Waals surface area contributed by atoms with E-state index in [0.29, 0.717) is 0 Å². The fraction of sp³-hybridized carbons (Fsp3) is 0.733. The molecule has 3 heteroatoms. The average Bonchev–Trinajstić information content (AvgIpc) is 2.42. The smallest absolute Gasteiger partial charge is 0.0806 e. The number of hydrogen-bond acceptors (Lipinski definition) is 3. The standard InChI is InChI=1S/C15H26N2O/c1-2-3-4-5-6-7-8-9-10-15(18)14-11-12-16-17-13-14/h11-13,15,18H,2-10H2,1H3. The number of rotatable bonds is 10. The van der Waals surface area contributed by atoms with Crippen LogP contribution < -0.4 is 0 Å². The van der Waals surface area contributed by atoms with E-state index in [9.17, 15) is 5.11 Å². The van der Waals surface area contributed by atoms with Gasteiger partial charge in [-0.05, 0) is 12.5 Å². The largest absolute Gasteiger partial charge is 0.388 e. The molecule has 18 heavy (non-hydrogen) atoms. The fourth-order valence-electron chi connectivity index (χ4n) is 2.14. The third kappa shape index (κ3) is 6.70. The molecule has 0 aliphatic rings. The highest BCUT2D eigenvalue weighted by Crippen LogP contribution is 2.19. The molecule has 1 atom stereocenters. The molecule has 0 saturated carbocycles. The van der Waals surface area contributed by atoms with Crippen LogP contribution in [0.4, 0.5) is 0 Å². The maximum Gasteiger partial charge on any atom is 0.0806 e. The quantitative estimate of drug-likeness (QED) is 0.637. The summed E-state index contributed by atoms with van der Waals surface area (Å²) in [6.45, 7) is 2.25. The lowest BCUT2D eigenvalue weighted by atomic mass is 10.0. The molecule has 0 aromatic carbocycles. The zero-order valence-electron chi connectivity index (χ0n) is 11.5. The number of nitrogens with zero attached hydrogens (tertiary/aromatic N) is 2. The van der Waals surface area contributed by atoms with Crippen LogP contribution in [0.3, 0.4) is 0 Å². The molecule has 1 aromatic rings. The zero-order valence-corrected chi connectivity index (χ0v) is 11.5. The molecule has 1 rings (SSSR count). The molecule has 0 aliphatic carbocycles. The molecular weight excluding hydrogens is 224 g/mol. The van der Waals surface area contributed by atoms with Gasteiger partial charge in [0.15, 0.2) is 0 Å². The Balaban J connectivity index is 1.98. The average molecular weight is 250 g/mol. The van der Waals surface area contributed by atoms with Crippen LogP contribution in [0.1, 0.15) is 76.4 Å². The van der Waals surface area contributed by atoms with Crippen molar-refractivity contribution < 1.29 is 5.11 Å². The van der Waals surface area contributed by atoms with Crippen LogP contribution in [0.15, 0.2) is 18.5 Å². The summed E-state index contributed by atoms with van der Waals surface area (Å²) in [5.41, 5.74) is 0.882. The van der Waals surface area contributed by atoms with Crippen LogP contribution in [0.25, 0.3) is 0 Å². The van der Waals surface area contributed by atoms with Crippen LogP contribution >= 0.6 is 0 Å². The van der Waals surface area contributed by atoms with Gasteiger partial charge in [0.1, 0.15) is 0 Å². The molecule has 0 aliphatic heterocycles. The second-order valence-electron chi connectivity index (χ2n) is 4.96. The number of unbranched alkanes of at least 4 members (excludes halogenated alkanes) is 7. The van der Waals surface area contributed by atoms with Gasteiger partial charge in [-0.25, -0.2) is 0 Å². The van der Waals surface area contributed by atoms with Crippen LogP contribution in [0.2, 0.25) is 0 Å². The van der Waals surface area contributed by atoms with Crippen molar-refractivity contribution >= 4 is 0 Å². The van der Waals surface area contributed by atoms with Crippen LogP contribution in [0.5, 0.6) is 0 Å². The van der Waals surface area contributed by atoms with Gasteiger partial charge in [-0.3, -0.25) is 0 Å². The van der Waals surface area contributed by atoms with Crippen molar-refractivity contribution in [2.75, 3.05) is 0 Å². The molecule has 1 unspecified atom stereocenters. The molecular formula is C15H26N2O. The summed E-state index contributed by atoms with van der Waals surface area (Å²) in [4.78, 5) is 0. The van der Waals surface area contributed by atoms with Crippen LogP contribution in [0, 0.1) is 0 Å². The highest BCUT2D eigenvalue weighted by Gasteiger charge is 2.06. The van der Waals surface area contributed by atoms with Crippen molar-refractivity contribution in [1.82, 2.24) is 10.2 Å². The Kier molecular flexibility index (Phi) is 8.40. The lowest BCUT2D eigenvalue weighted by Gasteiger charge is -2.09. The maximum absolute atomic E-state index is 9.93. The lowest BCUT2D eigenvalue weighted by molar-refractivity contribution is 0.162. The second kappa shape index (κ2) is 10.0. The SMILES string of the molecule is CCCCCCCCCCC(O)c1ccnnc1. The van der Waals surface area contributed by atoms with Gasteiger partial charge in [0, 0.05) is 11.8 Å². The first kappa shape index (κ1) is 15.1. The molecule has 0 fully saturated rings. The molecule has 0 bridgehead atoms. The minimum Gasteiger partial charge on any atom is -0.388 e. The molecule has 3 nitrogen and oxygen atoms in total. The van der Waals surface area contributed by atoms with Gasteiger partial charge in [0.2, 0.25) is 0 Å². The maximum atomic E-state index is 9.93. The normalized spacial score (nSPS) is 12.6. The van der Waals surface area contributed by atoms with E-state index in [0.717, 1.165) is 18.4 Å². The summed E-state index contributed by atoms with van der Waals surface area (Å²) in [6.07, 6.45) is 14.1. The second-order valence-corrected chi connectivity index (χ2v) is 4.96. The third-order valence-electron chi connectivity index (χ3n) is 3.32. The van der Waals surface area contributed by atoms with Crippen molar-refractivity contribution in [3.05, 3.63) is 24.0 Å². The molecule has 0 amide bonds. The Morgan fingerprint density at radius 2 is 1.67 bits per heavy atom. The zero-order chi connectivity index (χ0) is 13.1. The molecule has 0 radical (unpaired) electrons. The summed E-state index contributed by atoms with van der Waals surface area (Å²) < 4.78 is 0. The van der Waals surface area contributed by atoms with Crippen molar-refractivity contribution in [2.45, 2.75) is 70.8 Å². The summed E-state index contributed by atoms with van der Waals surface area (Å²) >= 11 is 0. The van der Waals surface area contributed by atoms with Crippen molar-refractivity contribution in [3.63, 3.8) is 0 Å². The third-order valence-corrected chi connectivity index (χ3v) is 3.32. The minimum atomic E-state index is -0.374. The van der Waals surface area contributed by atoms with Crippen molar-refractivity contribution in [3.8, 4) is 0 Å². The van der Waals surface area contributed by atoms with Crippen LogP contribution in [-0.2, 0) is 0 Å². The first-order valence-electron chi connectivity index (χ1n) is 7.29. The van der Waals surface area contributed by atoms with E-state index in [2.05, 4.69) is 17.1 Å². The number of aromatic nitrogens is 2. The van der Waals surface area contributed by atoms with E-state index in [1.165, 1.54) is 44.9 Å². The summed E-state index contributed by atoms with van der Waals surface area (Å²) in [7, 11) is 0. The number of aliphatic hydroxyl groups is 1. The van der Waals surface area contributed by atoms with Crippen molar-refractivity contribution in [2.24, 2.45) is 0 Å². The van der Waals surface area contributed by atoms with E-state index < -0.39 is 0 Å². The Hall–Kier alpha value is -0.960. The topological polar surface area (TPSA) is 46.0 Å². The summed E-state index contributed by atoms with van der Waals surface area (Å²) in [5.74, 6) is 0. The van der Waals surface area contributed by atoms with E-state index in [4.69, 9.17) is 0 Å². The van der Waals surface area contributed by atoms with Gasteiger partial charge in [0.05, 0.1) is 12.3 Å². The predicted molar refractivity (Wildman–Crippen MR) is 74.2 cm³/mol. The van der Waals surface area contributed by atoms with Crippen LogP contribution in [-0.4, -0.2) is 15.3 Å². The van der Waals surface area contributed by atoms with E-state index in [-0.39, 0.29) is 6.10 Å². The number of aliphatic hydroxyl groups excluding tert-OH is 1. The van der Waals surface area contributed by atoms with Gasteiger partial charge >= 0.3 is 0 Å². The van der Waals surface area contributed by atoms with Gasteiger partial charge in [0.25, 0.3) is 0 Å². The predicted octanol–water partition coefficient (Wildman–Crippen LogP) is 4.04. The van der Waals surface area contributed by atoms with E-state index in [1.54, 1.807) is 12.4 Å². The molecule has 1 N–H and O–H groups in total. The van der Waals surface area contributed by atoms with Crippen molar-refractivity contribution in [1.29, 1.82) is 0 Å². The Morgan fingerprint density at radius 1 is 1.00 bits per heavy atom. The monoisotopic (exact) mass is 250 g/mol. The van der Waals surface area contributed by atoms with Gasteiger partial charge in [-0.15, -0.1) is 0 Å². The highest BCUT2D eigenvalue weighted by molar-refractivity contribution is 5.08. The van der Waals surface area contributed by atoms with E-state index >= 15 is 0 Å². The summed E-state index contributed by atoms with van der Waals surface area (Å²) in [6, 6.07) is 1.84. The minimum absolute atomic E-state index is 0.374. The number of hydrogen-bond donors (Lipinski definition) is 1. The van der Waals surface area contributed by atoms with Gasteiger partial charge in [-0.1, -0.05) is 58.3 Å². The molecule has 1 heterocycles. The summed E-state index contributed by atoms with van der Waals surface area (Å²) in [5, 5.41) is 17.4. The fourth-order valence-corrected chi connectivity index (χ4v) is 2.14. The Labute approximate surface area is 111 Å². The lowest BCUT2D eigenvalue weighted by Crippen LogP contribution is -1.98. The Morgan fingerprint density at radius 3 is 2.28 bits per heavy atom. The molecule has 1 aromatic heterocycles. The molecule has 102 valence electrons. The van der Waals surface area contributed by atoms with Gasteiger partial charge < -0.3 is 5.11 Å².